The van der Waals surface area contributed by atoms with Crippen molar-refractivity contribution < 1.29 is 14.7 Å². The lowest BCUT2D eigenvalue weighted by Gasteiger charge is -2.06. The number of anilines is 1. The predicted molar refractivity (Wildman–Crippen MR) is 70.3 cm³/mol. The molecule has 0 radical (unpaired) electrons. The van der Waals surface area contributed by atoms with Gasteiger partial charge in [-0.1, -0.05) is 22.6 Å². The van der Waals surface area contributed by atoms with E-state index in [1.165, 1.54) is 6.07 Å². The highest BCUT2D eigenvalue weighted by Crippen LogP contribution is 2.15. The van der Waals surface area contributed by atoms with Crippen molar-refractivity contribution in [1.82, 2.24) is 0 Å². The summed E-state index contributed by atoms with van der Waals surface area (Å²) >= 11 is 2.13. The molecule has 1 aromatic rings. The van der Waals surface area contributed by atoms with Gasteiger partial charge in [-0.2, -0.15) is 0 Å². The van der Waals surface area contributed by atoms with Crippen LogP contribution < -0.4 is 5.32 Å². The lowest BCUT2D eigenvalue weighted by Crippen LogP contribution is -2.12. The van der Waals surface area contributed by atoms with Crippen molar-refractivity contribution in [2.75, 3.05) is 9.74 Å². The molecule has 0 aromatic heterocycles. The number of carboxylic acid groups (broad SMARTS) is 1. The van der Waals surface area contributed by atoms with Gasteiger partial charge < -0.3 is 10.4 Å². The van der Waals surface area contributed by atoms with Crippen molar-refractivity contribution in [3.05, 3.63) is 29.3 Å². The first-order chi connectivity index (χ1) is 7.54. The van der Waals surface area contributed by atoms with Gasteiger partial charge in [0.25, 0.3) is 0 Å². The van der Waals surface area contributed by atoms with Crippen LogP contribution in [0.15, 0.2) is 18.2 Å². The summed E-state index contributed by atoms with van der Waals surface area (Å²) < 4.78 is 0.760. The van der Waals surface area contributed by atoms with Crippen molar-refractivity contribution in [2.45, 2.75) is 13.3 Å². The molecule has 0 atom stereocenters. The molecule has 0 spiro atoms. The Morgan fingerprint density at radius 3 is 2.62 bits per heavy atom. The van der Waals surface area contributed by atoms with Crippen LogP contribution in [0.4, 0.5) is 5.69 Å². The van der Waals surface area contributed by atoms with E-state index in [2.05, 4.69) is 27.9 Å². The third-order valence-corrected chi connectivity index (χ3v) is 2.60. The number of alkyl halides is 1. The number of carboxylic acids is 1. The van der Waals surface area contributed by atoms with Gasteiger partial charge in [-0.15, -0.1) is 0 Å². The van der Waals surface area contributed by atoms with Crippen molar-refractivity contribution in [2.24, 2.45) is 0 Å². The molecule has 2 N–H and O–H groups in total. The lowest BCUT2D eigenvalue weighted by molar-refractivity contribution is -0.115. The van der Waals surface area contributed by atoms with E-state index in [-0.39, 0.29) is 11.5 Å². The van der Waals surface area contributed by atoms with E-state index in [4.69, 9.17) is 5.11 Å². The first-order valence-corrected chi connectivity index (χ1v) is 6.27. The second-order valence-corrected chi connectivity index (χ2v) is 4.40. The first kappa shape index (κ1) is 13.0. The number of halogens is 1. The summed E-state index contributed by atoms with van der Waals surface area (Å²) in [4.78, 5) is 22.1. The van der Waals surface area contributed by atoms with Crippen LogP contribution in [0.3, 0.4) is 0 Å². The van der Waals surface area contributed by atoms with Gasteiger partial charge in [0.15, 0.2) is 0 Å². The minimum atomic E-state index is -0.956. The molecular weight excluding hydrogens is 321 g/mol. The van der Waals surface area contributed by atoms with Gasteiger partial charge in [0.1, 0.15) is 0 Å². The summed E-state index contributed by atoms with van der Waals surface area (Å²) in [5, 5.41) is 11.5. The minimum absolute atomic E-state index is 0.0584. The molecule has 1 amide bonds. The van der Waals surface area contributed by atoms with E-state index >= 15 is 0 Å². The average Bonchev–Trinajstić information content (AvgIpc) is 2.17. The van der Waals surface area contributed by atoms with Crippen LogP contribution in [0.1, 0.15) is 22.3 Å². The molecule has 0 bridgehead atoms. The number of aryl methyl sites for hydroxylation is 1. The fraction of sp³-hybridized carbons (Fsp3) is 0.273. The van der Waals surface area contributed by atoms with Crippen LogP contribution in [-0.2, 0) is 4.79 Å². The molecule has 4 nitrogen and oxygen atoms in total. The molecule has 1 rings (SSSR count). The van der Waals surface area contributed by atoms with E-state index in [1.54, 1.807) is 19.1 Å². The number of hydrogen-bond acceptors (Lipinski definition) is 2. The van der Waals surface area contributed by atoms with Gasteiger partial charge in [-0.05, 0) is 30.7 Å². The number of benzene rings is 1. The highest BCUT2D eigenvalue weighted by molar-refractivity contribution is 14.1. The molecule has 5 heteroatoms. The zero-order valence-electron chi connectivity index (χ0n) is 8.79. The highest BCUT2D eigenvalue weighted by atomic mass is 127. The smallest absolute Gasteiger partial charge is 0.335 e. The number of aromatic carboxylic acids is 1. The Bertz CT molecular complexity index is 418. The molecule has 0 saturated carbocycles. The van der Waals surface area contributed by atoms with Gasteiger partial charge in [0, 0.05) is 16.5 Å². The van der Waals surface area contributed by atoms with Gasteiger partial charge in [-0.25, -0.2) is 4.79 Å². The Hall–Kier alpha value is -1.11. The van der Waals surface area contributed by atoms with E-state index in [0.29, 0.717) is 17.7 Å². The molecule has 1 aromatic carbocycles. The Labute approximate surface area is 107 Å². The minimum Gasteiger partial charge on any atom is -0.478 e. The summed E-state index contributed by atoms with van der Waals surface area (Å²) in [6.45, 7) is 1.71. The molecule has 0 aliphatic heterocycles. The Kier molecular flexibility index (Phi) is 4.72. The van der Waals surface area contributed by atoms with Crippen molar-refractivity contribution >= 4 is 40.2 Å². The van der Waals surface area contributed by atoms with Crippen LogP contribution in [0.5, 0.6) is 0 Å². The van der Waals surface area contributed by atoms with Crippen LogP contribution in [-0.4, -0.2) is 21.4 Å². The number of rotatable bonds is 4. The molecule has 16 heavy (non-hydrogen) atoms. The van der Waals surface area contributed by atoms with Gasteiger partial charge in [0.2, 0.25) is 5.91 Å². The summed E-state index contributed by atoms with van der Waals surface area (Å²) in [6.07, 6.45) is 0.459. The third kappa shape index (κ3) is 3.48. The normalized spacial score (nSPS) is 9.88. The van der Waals surface area contributed by atoms with Crippen LogP contribution >= 0.6 is 22.6 Å². The number of carbonyl (C=O) groups is 2. The monoisotopic (exact) mass is 333 g/mol. The van der Waals surface area contributed by atoms with E-state index in [9.17, 15) is 9.59 Å². The Morgan fingerprint density at radius 2 is 2.12 bits per heavy atom. The summed E-state index contributed by atoms with van der Waals surface area (Å²) in [7, 11) is 0. The SMILES string of the molecule is Cc1cc(NC(=O)CCI)ccc1C(=O)O. The zero-order chi connectivity index (χ0) is 12.1. The number of hydrogen-bond donors (Lipinski definition) is 2. The molecule has 0 fully saturated rings. The fourth-order valence-electron chi connectivity index (χ4n) is 1.29. The summed E-state index contributed by atoms with van der Waals surface area (Å²) in [5.41, 5.74) is 1.53. The van der Waals surface area contributed by atoms with Gasteiger partial charge in [-0.3, -0.25) is 4.79 Å². The molecule has 0 unspecified atom stereocenters. The molecule has 0 aliphatic carbocycles. The standard InChI is InChI=1S/C11H12INO3/c1-7-6-8(13-10(14)4-5-12)2-3-9(7)11(15)16/h2-3,6H,4-5H2,1H3,(H,13,14)(H,15,16). The highest BCUT2D eigenvalue weighted by Gasteiger charge is 2.08. The lowest BCUT2D eigenvalue weighted by atomic mass is 10.1. The Morgan fingerprint density at radius 1 is 1.44 bits per heavy atom. The number of carbonyl (C=O) groups excluding carboxylic acids is 1. The van der Waals surface area contributed by atoms with Crippen molar-refractivity contribution in [3.63, 3.8) is 0 Å². The first-order valence-electron chi connectivity index (χ1n) is 4.74. The molecular formula is C11H12INO3. The third-order valence-electron chi connectivity index (χ3n) is 2.06. The number of amides is 1. The maximum Gasteiger partial charge on any atom is 0.335 e. The van der Waals surface area contributed by atoms with Crippen molar-refractivity contribution in [1.29, 1.82) is 0 Å². The molecule has 0 aliphatic rings. The van der Waals surface area contributed by atoms with Crippen LogP contribution in [0.25, 0.3) is 0 Å². The predicted octanol–water partition coefficient (Wildman–Crippen LogP) is 2.46. The van der Waals surface area contributed by atoms with Crippen molar-refractivity contribution in [3.8, 4) is 0 Å². The van der Waals surface area contributed by atoms with Crippen LogP contribution in [0.2, 0.25) is 0 Å². The van der Waals surface area contributed by atoms with E-state index in [0.717, 1.165) is 4.43 Å². The Balaban J connectivity index is 2.81. The van der Waals surface area contributed by atoms with Crippen LogP contribution in [0, 0.1) is 6.92 Å². The second kappa shape index (κ2) is 5.83. The summed E-state index contributed by atoms with van der Waals surface area (Å²) in [5.74, 6) is -1.01. The maximum atomic E-state index is 11.3. The maximum absolute atomic E-state index is 11.3. The molecule has 86 valence electrons. The fourth-order valence-corrected chi connectivity index (χ4v) is 1.78. The topological polar surface area (TPSA) is 66.4 Å². The second-order valence-electron chi connectivity index (χ2n) is 3.32. The van der Waals surface area contributed by atoms with Gasteiger partial charge in [0.05, 0.1) is 5.56 Å². The van der Waals surface area contributed by atoms with Gasteiger partial charge >= 0.3 is 5.97 Å². The molecule has 0 heterocycles. The van der Waals surface area contributed by atoms with E-state index < -0.39 is 5.97 Å². The largest absolute Gasteiger partial charge is 0.478 e. The van der Waals surface area contributed by atoms with E-state index in [1.807, 2.05) is 0 Å². The average molecular weight is 333 g/mol. The zero-order valence-corrected chi connectivity index (χ0v) is 10.9. The molecule has 0 saturated heterocycles. The quantitative estimate of drug-likeness (QED) is 0.657. The summed E-state index contributed by atoms with van der Waals surface area (Å²) in [6, 6.07) is 4.76. The number of nitrogens with one attached hydrogen (secondary N) is 1.